The fraction of sp³-hybridized carbons (Fsp3) is 0.400. The van der Waals surface area contributed by atoms with Crippen LogP contribution in [0, 0.1) is 41.7 Å². The molecular weight excluding hydrogens is 416 g/mol. The molecule has 1 radical (unpaired) electrons. The zero-order chi connectivity index (χ0) is 17.6. The molecule has 0 bridgehead atoms. The maximum Gasteiger partial charge on any atom is 3.00 e. The second kappa shape index (κ2) is 18.1. The van der Waals surface area contributed by atoms with Crippen molar-refractivity contribution in [2.24, 2.45) is 0 Å². The van der Waals surface area contributed by atoms with E-state index >= 15 is 0 Å². The van der Waals surface area contributed by atoms with E-state index in [2.05, 4.69) is 0 Å². The molecule has 0 heterocycles. The van der Waals surface area contributed by atoms with Crippen LogP contribution in [0.1, 0.15) is 41.5 Å². The second-order valence-electron chi connectivity index (χ2n) is 4.10. The van der Waals surface area contributed by atoms with Gasteiger partial charge in [0.2, 0.25) is 0 Å². The van der Waals surface area contributed by atoms with E-state index in [4.69, 9.17) is 0 Å². The van der Waals surface area contributed by atoms with Gasteiger partial charge in [-0.2, -0.15) is 0 Å². The number of carbonyl (C=O) groups excluding carboxylic acids is 3. The van der Waals surface area contributed by atoms with Gasteiger partial charge in [0.25, 0.3) is 0 Å². The molecule has 22 heavy (non-hydrogen) atoms. The van der Waals surface area contributed by atoms with Crippen molar-refractivity contribution in [1.82, 2.24) is 0 Å². The molecule has 0 saturated heterocycles. The van der Waals surface area contributed by atoms with Crippen LogP contribution in [0.4, 0.5) is 0 Å². The van der Waals surface area contributed by atoms with Crippen molar-refractivity contribution in [2.75, 3.05) is 0 Å². The summed E-state index contributed by atoms with van der Waals surface area (Å²) in [6, 6.07) is 0. The Morgan fingerprint density at radius 3 is 0.682 bits per heavy atom. The van der Waals surface area contributed by atoms with Gasteiger partial charge in [0.05, 0.1) is 0 Å². The summed E-state index contributed by atoms with van der Waals surface area (Å²) < 4.78 is 0. The van der Waals surface area contributed by atoms with E-state index < -0.39 is 0 Å². The Balaban J connectivity index is -0.000000108. The van der Waals surface area contributed by atoms with E-state index in [9.17, 15) is 29.7 Å². The van der Waals surface area contributed by atoms with Gasteiger partial charge in [-0.25, -0.2) is 0 Å². The van der Waals surface area contributed by atoms with Gasteiger partial charge in [-0.05, 0) is 39.0 Å². The molecule has 0 aromatic rings. The Hall–Kier alpha value is -0.993. The standard InChI is InChI=1S/3C5H8O2.Ce/c3*1-4(6)3-5(2)7;/h3*3,6H,1-2H3;/q;;;+3/p-3/b2*4-3+;4-3-;. The fourth-order valence-electron chi connectivity index (χ4n) is 0.859. The molecular formula is C15H21CeO6. The fourth-order valence-corrected chi connectivity index (χ4v) is 0.859. The Morgan fingerprint density at radius 1 is 0.545 bits per heavy atom. The Labute approximate surface area is 165 Å². The van der Waals surface area contributed by atoms with Gasteiger partial charge in [0.15, 0.2) is 17.3 Å². The quantitative estimate of drug-likeness (QED) is 0.434. The number of ketones is 3. The molecule has 0 amide bonds. The van der Waals surface area contributed by atoms with Gasteiger partial charge in [-0.15, -0.1) is 17.3 Å². The van der Waals surface area contributed by atoms with Crippen LogP contribution in [0.15, 0.2) is 35.5 Å². The first kappa shape index (κ1) is 29.1. The van der Waals surface area contributed by atoms with Gasteiger partial charge in [-0.1, -0.05) is 20.8 Å². The van der Waals surface area contributed by atoms with Crippen LogP contribution in [-0.2, 0) is 14.4 Å². The summed E-state index contributed by atoms with van der Waals surface area (Å²) in [6.07, 6.45) is 3.17. The van der Waals surface area contributed by atoms with Crippen LogP contribution in [0.3, 0.4) is 0 Å². The Kier molecular flexibility index (Phi) is 23.9. The summed E-state index contributed by atoms with van der Waals surface area (Å²) in [6.45, 7) is 8.09. The molecule has 0 aliphatic heterocycles. The van der Waals surface area contributed by atoms with Crippen LogP contribution in [-0.4, -0.2) is 17.3 Å². The number of carbonyl (C=O) groups is 3. The molecule has 0 aromatic heterocycles. The average molecular weight is 437 g/mol. The third-order valence-electron chi connectivity index (χ3n) is 1.22. The topological polar surface area (TPSA) is 120 Å². The summed E-state index contributed by atoms with van der Waals surface area (Å²) in [7, 11) is 0. The first-order valence-electron chi connectivity index (χ1n) is 5.96. The van der Waals surface area contributed by atoms with E-state index in [-0.39, 0.29) is 76.4 Å². The van der Waals surface area contributed by atoms with Crippen LogP contribution >= 0.6 is 0 Å². The maximum absolute atomic E-state index is 9.98. The molecule has 0 aromatic carbocycles. The Bertz CT molecular complexity index is 368. The van der Waals surface area contributed by atoms with Crippen molar-refractivity contribution in [3.8, 4) is 0 Å². The molecule has 0 unspecified atom stereocenters. The monoisotopic (exact) mass is 437 g/mol. The van der Waals surface area contributed by atoms with E-state index in [0.717, 1.165) is 18.2 Å². The van der Waals surface area contributed by atoms with E-state index in [1.807, 2.05) is 0 Å². The van der Waals surface area contributed by atoms with Gasteiger partial charge in [0.1, 0.15) is 0 Å². The molecule has 121 valence electrons. The third-order valence-corrected chi connectivity index (χ3v) is 1.22. The van der Waals surface area contributed by atoms with Gasteiger partial charge >= 0.3 is 41.7 Å². The number of allylic oxidation sites excluding steroid dienone is 6. The Morgan fingerprint density at radius 2 is 0.682 bits per heavy atom. The van der Waals surface area contributed by atoms with Gasteiger partial charge in [0, 0.05) is 0 Å². The van der Waals surface area contributed by atoms with Gasteiger partial charge in [-0.3, -0.25) is 14.4 Å². The summed E-state index contributed by atoms with van der Waals surface area (Å²) in [5.41, 5.74) is 0. The molecule has 6 nitrogen and oxygen atoms in total. The van der Waals surface area contributed by atoms with Crippen LogP contribution in [0.2, 0.25) is 0 Å². The largest absolute Gasteiger partial charge is 3.00 e. The number of hydrogen-bond acceptors (Lipinski definition) is 6. The minimum Gasteiger partial charge on any atom is -0.876 e. The maximum atomic E-state index is 9.98. The third kappa shape index (κ3) is 50.9. The zero-order valence-corrected chi connectivity index (χ0v) is 16.8. The van der Waals surface area contributed by atoms with Gasteiger partial charge < -0.3 is 15.3 Å². The first-order valence-corrected chi connectivity index (χ1v) is 5.96. The van der Waals surface area contributed by atoms with E-state index in [0.29, 0.717) is 0 Å². The van der Waals surface area contributed by atoms with Crippen molar-refractivity contribution in [1.29, 1.82) is 0 Å². The minimum absolute atomic E-state index is 0. The molecule has 0 N–H and O–H groups in total. The molecule has 0 saturated carbocycles. The van der Waals surface area contributed by atoms with Crippen molar-refractivity contribution < 1.29 is 71.5 Å². The molecule has 7 heteroatoms. The van der Waals surface area contributed by atoms with Crippen molar-refractivity contribution in [3.05, 3.63) is 35.5 Å². The second-order valence-corrected chi connectivity index (χ2v) is 4.10. The van der Waals surface area contributed by atoms with Crippen molar-refractivity contribution >= 4 is 17.3 Å². The predicted molar refractivity (Wildman–Crippen MR) is 73.3 cm³/mol. The SMILES string of the molecule is CC(=O)/C=C(/C)[O-].CC(=O)/C=C(\C)[O-].CC(=O)/C=C(\C)[O-].[Ce+3]. The van der Waals surface area contributed by atoms with E-state index in [1.165, 1.54) is 41.5 Å². The van der Waals surface area contributed by atoms with Crippen molar-refractivity contribution in [2.45, 2.75) is 41.5 Å². The summed E-state index contributed by atoms with van der Waals surface area (Å²) in [5, 5.41) is 29.9. The molecule has 0 fully saturated rings. The first-order chi connectivity index (χ1) is 9.38. The van der Waals surface area contributed by atoms with Crippen LogP contribution in [0.25, 0.3) is 0 Å². The molecule has 0 aliphatic rings. The molecule has 0 aliphatic carbocycles. The molecule has 0 spiro atoms. The van der Waals surface area contributed by atoms with Crippen LogP contribution < -0.4 is 15.3 Å². The van der Waals surface area contributed by atoms with Crippen molar-refractivity contribution in [3.63, 3.8) is 0 Å². The zero-order valence-electron chi connectivity index (χ0n) is 13.7. The summed E-state index contributed by atoms with van der Waals surface area (Å²) in [4.78, 5) is 29.9. The summed E-state index contributed by atoms with van der Waals surface area (Å²) >= 11 is 0. The smallest absolute Gasteiger partial charge is 0.876 e. The number of rotatable bonds is 3. The predicted octanol–water partition coefficient (Wildman–Crippen LogP) is -0.481. The minimum atomic E-state index is -0.187. The summed E-state index contributed by atoms with van der Waals surface area (Å²) in [5.74, 6) is -1.12. The normalized spacial score (nSPS) is 10.9. The van der Waals surface area contributed by atoms with E-state index in [1.54, 1.807) is 0 Å². The van der Waals surface area contributed by atoms with Crippen LogP contribution in [0.5, 0.6) is 0 Å². The average Bonchev–Trinajstić information content (AvgIpc) is 2.10. The molecule has 0 rings (SSSR count). The number of hydrogen-bond donors (Lipinski definition) is 0. The molecule has 0 atom stereocenters.